The summed E-state index contributed by atoms with van der Waals surface area (Å²) in [5.41, 5.74) is 5.58. The normalized spacial score (nSPS) is 10.0. The number of amides is 1. The Morgan fingerprint density at radius 2 is 2.27 bits per heavy atom. The Bertz CT molecular complexity index is 355. The lowest BCUT2D eigenvalue weighted by Crippen LogP contribution is -2.25. The van der Waals surface area contributed by atoms with E-state index in [2.05, 4.69) is 5.32 Å². The third kappa shape index (κ3) is 3.21. The molecule has 0 atom stereocenters. The van der Waals surface area contributed by atoms with Gasteiger partial charge in [-0.15, -0.1) is 0 Å². The zero-order valence-corrected chi connectivity index (χ0v) is 8.16. The van der Waals surface area contributed by atoms with E-state index in [0.29, 0.717) is 13.0 Å². The van der Waals surface area contributed by atoms with Gasteiger partial charge in [0, 0.05) is 18.8 Å². The summed E-state index contributed by atoms with van der Waals surface area (Å²) >= 11 is 0. The SMILES string of the molecule is Nc1ccc(C(=O)NCCCO)c(F)c1. The molecule has 0 saturated heterocycles. The molecule has 1 aromatic carbocycles. The number of carbonyl (C=O) groups is 1. The highest BCUT2D eigenvalue weighted by Gasteiger charge is 2.10. The van der Waals surface area contributed by atoms with E-state index in [9.17, 15) is 9.18 Å². The Morgan fingerprint density at radius 3 is 2.87 bits per heavy atom. The largest absolute Gasteiger partial charge is 0.399 e. The minimum Gasteiger partial charge on any atom is -0.399 e. The molecule has 82 valence electrons. The predicted molar refractivity (Wildman–Crippen MR) is 54.8 cm³/mol. The Balaban J connectivity index is 2.65. The van der Waals surface area contributed by atoms with Gasteiger partial charge in [-0.2, -0.15) is 0 Å². The van der Waals surface area contributed by atoms with E-state index in [1.165, 1.54) is 12.1 Å². The summed E-state index contributed by atoms with van der Waals surface area (Å²) in [5, 5.41) is 11.0. The predicted octanol–water partition coefficient (Wildman–Crippen LogP) is 0.520. The number of aliphatic hydroxyl groups is 1. The molecule has 1 amide bonds. The van der Waals surface area contributed by atoms with Gasteiger partial charge in [-0.05, 0) is 24.6 Å². The standard InChI is InChI=1S/C10H13FN2O2/c11-9-6-7(12)2-3-8(9)10(15)13-4-1-5-14/h2-3,6,14H,1,4-5,12H2,(H,13,15). The molecule has 0 aromatic heterocycles. The first kappa shape index (κ1) is 11.5. The van der Waals surface area contributed by atoms with Crippen molar-refractivity contribution in [1.82, 2.24) is 5.32 Å². The molecule has 0 aliphatic heterocycles. The fraction of sp³-hybridized carbons (Fsp3) is 0.300. The van der Waals surface area contributed by atoms with Gasteiger partial charge in [0.15, 0.2) is 0 Å². The van der Waals surface area contributed by atoms with Gasteiger partial charge in [-0.25, -0.2) is 4.39 Å². The molecule has 15 heavy (non-hydrogen) atoms. The Labute approximate surface area is 86.9 Å². The number of nitrogens with two attached hydrogens (primary N) is 1. The van der Waals surface area contributed by atoms with Crippen molar-refractivity contribution in [3.05, 3.63) is 29.6 Å². The molecule has 0 saturated carbocycles. The van der Waals surface area contributed by atoms with Crippen LogP contribution in [0.5, 0.6) is 0 Å². The molecule has 1 aromatic rings. The molecule has 0 bridgehead atoms. The zero-order chi connectivity index (χ0) is 11.3. The first-order valence-corrected chi connectivity index (χ1v) is 4.59. The minimum absolute atomic E-state index is 0.00942. The van der Waals surface area contributed by atoms with E-state index in [1.54, 1.807) is 0 Å². The first-order valence-electron chi connectivity index (χ1n) is 4.59. The van der Waals surface area contributed by atoms with Crippen LogP contribution in [0.25, 0.3) is 0 Å². The second-order valence-corrected chi connectivity index (χ2v) is 3.07. The van der Waals surface area contributed by atoms with E-state index < -0.39 is 11.7 Å². The maximum absolute atomic E-state index is 13.2. The van der Waals surface area contributed by atoms with E-state index in [-0.39, 0.29) is 17.9 Å². The molecular formula is C10H13FN2O2. The monoisotopic (exact) mass is 212 g/mol. The molecule has 4 N–H and O–H groups in total. The first-order chi connectivity index (χ1) is 7.15. The van der Waals surface area contributed by atoms with Gasteiger partial charge in [0.25, 0.3) is 5.91 Å². The fourth-order valence-corrected chi connectivity index (χ4v) is 1.09. The molecule has 0 spiro atoms. The minimum atomic E-state index is -0.642. The van der Waals surface area contributed by atoms with Gasteiger partial charge in [-0.1, -0.05) is 0 Å². The second-order valence-electron chi connectivity index (χ2n) is 3.07. The molecule has 0 heterocycles. The quantitative estimate of drug-likeness (QED) is 0.503. The lowest BCUT2D eigenvalue weighted by molar-refractivity contribution is 0.0947. The average Bonchev–Trinajstić information content (AvgIpc) is 2.17. The molecule has 4 nitrogen and oxygen atoms in total. The van der Waals surface area contributed by atoms with Crippen molar-refractivity contribution in [2.24, 2.45) is 0 Å². The maximum Gasteiger partial charge on any atom is 0.254 e. The number of nitrogen functional groups attached to an aromatic ring is 1. The highest BCUT2D eigenvalue weighted by atomic mass is 19.1. The highest BCUT2D eigenvalue weighted by Crippen LogP contribution is 2.11. The second kappa shape index (κ2) is 5.31. The van der Waals surface area contributed by atoms with E-state index in [4.69, 9.17) is 10.8 Å². The van der Waals surface area contributed by atoms with Gasteiger partial charge < -0.3 is 16.2 Å². The van der Waals surface area contributed by atoms with Gasteiger partial charge in [-0.3, -0.25) is 4.79 Å². The van der Waals surface area contributed by atoms with Gasteiger partial charge in [0.05, 0.1) is 5.56 Å². The number of nitrogens with one attached hydrogen (secondary N) is 1. The number of benzene rings is 1. The molecule has 0 aliphatic rings. The van der Waals surface area contributed by atoms with Crippen molar-refractivity contribution >= 4 is 11.6 Å². The number of aliphatic hydroxyl groups excluding tert-OH is 1. The summed E-state index contributed by atoms with van der Waals surface area (Å²) in [6, 6.07) is 3.89. The van der Waals surface area contributed by atoms with Crippen LogP contribution in [-0.2, 0) is 0 Å². The third-order valence-corrected chi connectivity index (χ3v) is 1.86. The van der Waals surface area contributed by atoms with Crippen molar-refractivity contribution in [3.63, 3.8) is 0 Å². The average molecular weight is 212 g/mol. The molecule has 0 unspecified atom stereocenters. The molecule has 0 aliphatic carbocycles. The smallest absolute Gasteiger partial charge is 0.254 e. The molecule has 0 fully saturated rings. The Hall–Kier alpha value is -1.62. The van der Waals surface area contributed by atoms with Crippen molar-refractivity contribution in [3.8, 4) is 0 Å². The lowest BCUT2D eigenvalue weighted by Gasteiger charge is -2.05. The summed E-state index contributed by atoms with van der Waals surface area (Å²) < 4.78 is 13.2. The number of hydrogen-bond acceptors (Lipinski definition) is 3. The topological polar surface area (TPSA) is 75.4 Å². The molecule has 5 heteroatoms. The molecular weight excluding hydrogens is 199 g/mol. The summed E-state index contributed by atoms with van der Waals surface area (Å²) in [6.45, 7) is 0.309. The number of anilines is 1. The van der Waals surface area contributed by atoms with Crippen LogP contribution in [0.15, 0.2) is 18.2 Å². The zero-order valence-electron chi connectivity index (χ0n) is 8.16. The van der Waals surface area contributed by atoms with Crippen molar-refractivity contribution in [2.45, 2.75) is 6.42 Å². The Morgan fingerprint density at radius 1 is 1.53 bits per heavy atom. The summed E-state index contributed by atoms with van der Waals surface area (Å²) in [5.74, 6) is -1.14. The number of carbonyl (C=O) groups excluding carboxylic acids is 1. The van der Waals surface area contributed by atoms with Crippen LogP contribution in [0.1, 0.15) is 16.8 Å². The van der Waals surface area contributed by atoms with E-state index in [1.807, 2.05) is 0 Å². The third-order valence-electron chi connectivity index (χ3n) is 1.86. The Kier molecular flexibility index (Phi) is 4.05. The fourth-order valence-electron chi connectivity index (χ4n) is 1.09. The van der Waals surface area contributed by atoms with Crippen molar-refractivity contribution < 1.29 is 14.3 Å². The van der Waals surface area contributed by atoms with E-state index >= 15 is 0 Å². The lowest BCUT2D eigenvalue weighted by atomic mass is 10.2. The highest BCUT2D eigenvalue weighted by molar-refractivity contribution is 5.94. The van der Waals surface area contributed by atoms with E-state index in [0.717, 1.165) is 6.07 Å². The number of halogens is 1. The van der Waals surface area contributed by atoms with Crippen LogP contribution in [0.2, 0.25) is 0 Å². The number of rotatable bonds is 4. The van der Waals surface area contributed by atoms with Gasteiger partial charge in [0.2, 0.25) is 0 Å². The van der Waals surface area contributed by atoms with Crippen LogP contribution in [0, 0.1) is 5.82 Å². The summed E-state index contributed by atoms with van der Waals surface area (Å²) in [7, 11) is 0. The van der Waals surface area contributed by atoms with Crippen molar-refractivity contribution in [2.75, 3.05) is 18.9 Å². The van der Waals surface area contributed by atoms with Crippen LogP contribution in [0.3, 0.4) is 0 Å². The summed E-state index contributed by atoms with van der Waals surface area (Å²) in [4.78, 5) is 11.4. The molecule has 1 rings (SSSR count). The van der Waals surface area contributed by atoms with Gasteiger partial charge in [0.1, 0.15) is 5.82 Å². The number of hydrogen-bond donors (Lipinski definition) is 3. The van der Waals surface area contributed by atoms with Crippen LogP contribution >= 0.6 is 0 Å². The maximum atomic E-state index is 13.2. The summed E-state index contributed by atoms with van der Waals surface area (Å²) in [6.07, 6.45) is 0.447. The van der Waals surface area contributed by atoms with Gasteiger partial charge >= 0.3 is 0 Å². The van der Waals surface area contributed by atoms with Crippen molar-refractivity contribution in [1.29, 1.82) is 0 Å². The van der Waals surface area contributed by atoms with Crippen LogP contribution < -0.4 is 11.1 Å². The van der Waals surface area contributed by atoms with Crippen LogP contribution in [-0.4, -0.2) is 24.2 Å². The van der Waals surface area contributed by atoms with Crippen LogP contribution in [0.4, 0.5) is 10.1 Å². The molecule has 0 radical (unpaired) electrons.